The maximum atomic E-state index is 11.2. The third-order valence-corrected chi connectivity index (χ3v) is 2.51. The molecule has 1 aromatic rings. The van der Waals surface area contributed by atoms with E-state index >= 15 is 0 Å². The van der Waals surface area contributed by atoms with Crippen LogP contribution >= 0.6 is 0 Å². The van der Waals surface area contributed by atoms with Crippen LogP contribution in [0.5, 0.6) is 0 Å². The molecule has 0 saturated heterocycles. The average molecular weight is 253 g/mol. The summed E-state index contributed by atoms with van der Waals surface area (Å²) in [5.41, 5.74) is 0.187. The summed E-state index contributed by atoms with van der Waals surface area (Å²) in [5, 5.41) is 8.87. The summed E-state index contributed by atoms with van der Waals surface area (Å²) in [6.45, 7) is 4.90. The zero-order chi connectivity index (χ0) is 13.5. The van der Waals surface area contributed by atoms with Crippen LogP contribution in [-0.4, -0.2) is 47.3 Å². The van der Waals surface area contributed by atoms with Crippen LogP contribution in [-0.2, 0) is 4.74 Å². The van der Waals surface area contributed by atoms with Crippen molar-refractivity contribution in [1.82, 2.24) is 9.97 Å². The quantitative estimate of drug-likeness (QED) is 0.758. The minimum atomic E-state index is -0.500. The standard InChI is InChI=1S/C12H19N3O3/c1-9(2)15(5-4-6-16)11-8-13-10(7-14-11)12(17)18-3/h7-9,16H,4-6H2,1-3H3. The predicted molar refractivity (Wildman–Crippen MR) is 67.6 cm³/mol. The van der Waals surface area contributed by atoms with Gasteiger partial charge in [-0.15, -0.1) is 0 Å². The van der Waals surface area contributed by atoms with Crippen molar-refractivity contribution in [3.05, 3.63) is 18.1 Å². The largest absolute Gasteiger partial charge is 0.464 e. The topological polar surface area (TPSA) is 75.5 Å². The number of aliphatic hydroxyl groups is 1. The lowest BCUT2D eigenvalue weighted by Gasteiger charge is -2.27. The molecule has 6 nitrogen and oxygen atoms in total. The van der Waals surface area contributed by atoms with Crippen LogP contribution in [0.3, 0.4) is 0 Å². The minimum absolute atomic E-state index is 0.136. The van der Waals surface area contributed by atoms with Gasteiger partial charge in [0.2, 0.25) is 0 Å². The highest BCUT2D eigenvalue weighted by atomic mass is 16.5. The summed E-state index contributed by atoms with van der Waals surface area (Å²) in [6.07, 6.45) is 3.61. The molecule has 18 heavy (non-hydrogen) atoms. The van der Waals surface area contributed by atoms with Crippen molar-refractivity contribution in [1.29, 1.82) is 0 Å². The van der Waals surface area contributed by atoms with Crippen molar-refractivity contribution in [3.63, 3.8) is 0 Å². The van der Waals surface area contributed by atoms with Crippen LogP contribution in [0.15, 0.2) is 12.4 Å². The van der Waals surface area contributed by atoms with E-state index in [2.05, 4.69) is 14.7 Å². The fraction of sp³-hybridized carbons (Fsp3) is 0.583. The van der Waals surface area contributed by atoms with E-state index in [9.17, 15) is 4.79 Å². The number of hydrogen-bond acceptors (Lipinski definition) is 6. The van der Waals surface area contributed by atoms with E-state index in [1.54, 1.807) is 6.20 Å². The molecule has 6 heteroatoms. The SMILES string of the molecule is COC(=O)c1cnc(N(CCCO)C(C)C)cn1. The molecule has 0 aliphatic heterocycles. The highest BCUT2D eigenvalue weighted by Crippen LogP contribution is 2.13. The molecule has 1 rings (SSSR count). The molecule has 100 valence electrons. The van der Waals surface area contributed by atoms with Gasteiger partial charge in [-0.3, -0.25) is 0 Å². The molecule has 1 N–H and O–H groups in total. The lowest BCUT2D eigenvalue weighted by molar-refractivity contribution is 0.0593. The first-order valence-electron chi connectivity index (χ1n) is 5.88. The number of ether oxygens (including phenoxy) is 1. The highest BCUT2D eigenvalue weighted by Gasteiger charge is 2.13. The van der Waals surface area contributed by atoms with Gasteiger partial charge in [-0.25, -0.2) is 14.8 Å². The zero-order valence-electron chi connectivity index (χ0n) is 11.0. The molecule has 0 bridgehead atoms. The van der Waals surface area contributed by atoms with Gasteiger partial charge < -0.3 is 14.7 Å². The predicted octanol–water partition coefficient (Wildman–Crippen LogP) is 0.860. The molecule has 0 saturated carbocycles. The van der Waals surface area contributed by atoms with E-state index in [-0.39, 0.29) is 18.3 Å². The number of nitrogens with zero attached hydrogens (tertiary/aromatic N) is 3. The third-order valence-electron chi connectivity index (χ3n) is 2.51. The molecule has 0 amide bonds. The Kier molecular flexibility index (Phi) is 5.51. The summed E-state index contributed by atoms with van der Waals surface area (Å²) in [6, 6.07) is 0.245. The first-order valence-corrected chi connectivity index (χ1v) is 5.88. The molecule has 1 aromatic heterocycles. The van der Waals surface area contributed by atoms with E-state index < -0.39 is 5.97 Å². The van der Waals surface area contributed by atoms with E-state index in [0.29, 0.717) is 18.8 Å². The Morgan fingerprint density at radius 1 is 1.44 bits per heavy atom. The molecule has 0 aliphatic carbocycles. The Hall–Kier alpha value is -1.69. The molecule has 0 radical (unpaired) electrons. The third kappa shape index (κ3) is 3.66. The molecule has 0 aromatic carbocycles. The van der Waals surface area contributed by atoms with Gasteiger partial charge in [-0.2, -0.15) is 0 Å². The Bertz CT molecular complexity index is 379. The summed E-state index contributed by atoms with van der Waals surface area (Å²) in [7, 11) is 1.31. The molecule has 0 spiro atoms. The van der Waals surface area contributed by atoms with Crippen LogP contribution in [0, 0.1) is 0 Å². The van der Waals surface area contributed by atoms with Crippen molar-refractivity contribution in [3.8, 4) is 0 Å². The van der Waals surface area contributed by atoms with Gasteiger partial charge >= 0.3 is 5.97 Å². The number of carbonyl (C=O) groups excluding carboxylic acids is 1. The second kappa shape index (κ2) is 6.90. The smallest absolute Gasteiger partial charge is 0.358 e. The Morgan fingerprint density at radius 3 is 2.61 bits per heavy atom. The van der Waals surface area contributed by atoms with Gasteiger partial charge in [0, 0.05) is 19.2 Å². The number of rotatable bonds is 6. The maximum Gasteiger partial charge on any atom is 0.358 e. The van der Waals surface area contributed by atoms with Gasteiger partial charge in [0.1, 0.15) is 5.82 Å². The Morgan fingerprint density at radius 2 is 2.17 bits per heavy atom. The number of carbonyl (C=O) groups is 1. The monoisotopic (exact) mass is 253 g/mol. The van der Waals surface area contributed by atoms with Crippen LogP contribution in [0.25, 0.3) is 0 Å². The van der Waals surface area contributed by atoms with Gasteiger partial charge in [0.25, 0.3) is 0 Å². The van der Waals surface area contributed by atoms with Gasteiger partial charge in [-0.05, 0) is 20.3 Å². The summed E-state index contributed by atoms with van der Waals surface area (Å²) in [5.74, 6) is 0.187. The highest BCUT2D eigenvalue weighted by molar-refractivity contribution is 5.86. The normalized spacial score (nSPS) is 10.5. The number of anilines is 1. The van der Waals surface area contributed by atoms with Crippen LogP contribution in [0.1, 0.15) is 30.8 Å². The van der Waals surface area contributed by atoms with E-state index in [0.717, 1.165) is 0 Å². The zero-order valence-corrected chi connectivity index (χ0v) is 11.0. The van der Waals surface area contributed by atoms with Gasteiger partial charge in [0.15, 0.2) is 5.69 Å². The second-order valence-electron chi connectivity index (χ2n) is 4.12. The molecule has 0 aliphatic rings. The van der Waals surface area contributed by atoms with E-state index in [1.165, 1.54) is 13.3 Å². The van der Waals surface area contributed by atoms with Crippen molar-refractivity contribution in [2.24, 2.45) is 0 Å². The summed E-state index contributed by atoms with van der Waals surface area (Å²) < 4.78 is 4.56. The van der Waals surface area contributed by atoms with E-state index in [1.807, 2.05) is 18.7 Å². The molecular formula is C12H19N3O3. The fourth-order valence-corrected chi connectivity index (χ4v) is 1.56. The molecular weight excluding hydrogens is 234 g/mol. The number of aliphatic hydroxyl groups excluding tert-OH is 1. The lowest BCUT2D eigenvalue weighted by atomic mass is 10.3. The Balaban J connectivity index is 2.83. The van der Waals surface area contributed by atoms with Crippen LogP contribution in [0.4, 0.5) is 5.82 Å². The van der Waals surface area contributed by atoms with Crippen molar-refractivity contribution >= 4 is 11.8 Å². The molecule has 0 unspecified atom stereocenters. The lowest BCUT2D eigenvalue weighted by Crippen LogP contribution is -2.33. The average Bonchev–Trinajstić information content (AvgIpc) is 2.38. The molecule has 1 heterocycles. The van der Waals surface area contributed by atoms with Crippen molar-refractivity contribution in [2.45, 2.75) is 26.3 Å². The summed E-state index contributed by atoms with van der Waals surface area (Å²) in [4.78, 5) is 21.5. The van der Waals surface area contributed by atoms with Crippen molar-refractivity contribution in [2.75, 3.05) is 25.2 Å². The van der Waals surface area contributed by atoms with Crippen molar-refractivity contribution < 1.29 is 14.6 Å². The first kappa shape index (κ1) is 14.4. The van der Waals surface area contributed by atoms with Crippen LogP contribution in [0.2, 0.25) is 0 Å². The second-order valence-corrected chi connectivity index (χ2v) is 4.12. The number of methoxy groups -OCH3 is 1. The minimum Gasteiger partial charge on any atom is -0.464 e. The van der Waals surface area contributed by atoms with Crippen LogP contribution < -0.4 is 4.90 Å². The summed E-state index contributed by atoms with van der Waals surface area (Å²) >= 11 is 0. The molecule has 0 atom stereocenters. The van der Waals surface area contributed by atoms with Gasteiger partial charge in [-0.1, -0.05) is 0 Å². The van der Waals surface area contributed by atoms with E-state index in [4.69, 9.17) is 5.11 Å². The number of aromatic nitrogens is 2. The van der Waals surface area contributed by atoms with Gasteiger partial charge in [0.05, 0.1) is 19.5 Å². The fourth-order valence-electron chi connectivity index (χ4n) is 1.56. The molecule has 0 fully saturated rings. The number of hydrogen-bond donors (Lipinski definition) is 1. The maximum absolute atomic E-state index is 11.2. The number of esters is 1. The Labute approximate surface area is 107 Å². The first-order chi connectivity index (χ1) is 8.60.